The Morgan fingerprint density at radius 3 is 2.67 bits per heavy atom. The second-order valence-corrected chi connectivity index (χ2v) is 5.84. The fraction of sp³-hybridized carbons (Fsp3) is 0.600. The van der Waals surface area contributed by atoms with E-state index in [0.29, 0.717) is 0 Å². The van der Waals surface area contributed by atoms with Gasteiger partial charge >= 0.3 is 0 Å². The molecule has 1 aromatic rings. The van der Waals surface area contributed by atoms with E-state index in [1.165, 1.54) is 36.4 Å². The van der Waals surface area contributed by atoms with Crippen LogP contribution in [-0.2, 0) is 6.54 Å². The van der Waals surface area contributed by atoms with Gasteiger partial charge in [0.15, 0.2) is 0 Å². The summed E-state index contributed by atoms with van der Waals surface area (Å²) in [7, 11) is 0. The summed E-state index contributed by atoms with van der Waals surface area (Å²) in [6.07, 6.45) is 4.66. The molecule has 1 heterocycles. The maximum atomic E-state index is 3.47. The Hall–Kier alpha value is -0.510. The number of rotatable bonds is 6. The van der Waals surface area contributed by atoms with E-state index in [0.717, 1.165) is 19.1 Å². The van der Waals surface area contributed by atoms with Crippen molar-refractivity contribution in [3.05, 3.63) is 29.8 Å². The van der Waals surface area contributed by atoms with Gasteiger partial charge in [-0.05, 0) is 49.9 Å². The third kappa shape index (κ3) is 3.74. The minimum atomic E-state index is 0.727. The summed E-state index contributed by atoms with van der Waals surface area (Å²) in [6, 6.07) is 9.74. The van der Waals surface area contributed by atoms with Crippen molar-refractivity contribution in [3.63, 3.8) is 0 Å². The summed E-state index contributed by atoms with van der Waals surface area (Å²) < 4.78 is 0. The van der Waals surface area contributed by atoms with E-state index in [-0.39, 0.29) is 0 Å². The molecule has 1 fully saturated rings. The van der Waals surface area contributed by atoms with E-state index < -0.39 is 0 Å². The molecule has 0 amide bonds. The topological polar surface area (TPSA) is 15.3 Å². The summed E-state index contributed by atoms with van der Waals surface area (Å²) in [5.41, 5.74) is 1.44. The predicted octanol–water partition coefficient (Wildman–Crippen LogP) is 2.98. The minimum Gasteiger partial charge on any atom is -0.315 e. The molecule has 1 atom stereocenters. The van der Waals surface area contributed by atoms with Crippen molar-refractivity contribution in [3.8, 4) is 0 Å². The van der Waals surface area contributed by atoms with E-state index >= 15 is 0 Å². The molecule has 0 saturated carbocycles. The van der Waals surface area contributed by atoms with Gasteiger partial charge in [-0.2, -0.15) is 0 Å². The summed E-state index contributed by atoms with van der Waals surface area (Å²) >= 11 is 1.81. The van der Waals surface area contributed by atoms with Crippen molar-refractivity contribution in [1.82, 2.24) is 10.2 Å². The number of benzene rings is 1. The molecule has 100 valence electrons. The van der Waals surface area contributed by atoms with Gasteiger partial charge in [-0.1, -0.05) is 19.1 Å². The molecule has 1 aliphatic heterocycles. The lowest BCUT2D eigenvalue weighted by atomic mass is 10.1. The Bertz CT molecular complexity index is 344. The number of hydrogen-bond donors (Lipinski definition) is 1. The summed E-state index contributed by atoms with van der Waals surface area (Å²) in [5, 5.41) is 3.47. The first-order valence-electron chi connectivity index (χ1n) is 6.91. The molecular formula is C15H24N2S. The van der Waals surface area contributed by atoms with Gasteiger partial charge in [0.2, 0.25) is 0 Å². The largest absolute Gasteiger partial charge is 0.315 e. The number of hydrogen-bond acceptors (Lipinski definition) is 3. The highest BCUT2D eigenvalue weighted by Gasteiger charge is 2.21. The lowest BCUT2D eigenvalue weighted by Gasteiger charge is -2.28. The third-order valence-electron chi connectivity index (χ3n) is 3.61. The Morgan fingerprint density at radius 2 is 2.11 bits per heavy atom. The molecule has 0 radical (unpaired) electrons. The van der Waals surface area contributed by atoms with E-state index in [2.05, 4.69) is 47.7 Å². The Balaban J connectivity index is 1.98. The highest BCUT2D eigenvalue weighted by atomic mass is 32.2. The third-order valence-corrected chi connectivity index (χ3v) is 4.35. The lowest BCUT2D eigenvalue weighted by Crippen LogP contribution is -2.36. The smallest absolute Gasteiger partial charge is 0.0237 e. The summed E-state index contributed by atoms with van der Waals surface area (Å²) in [5.74, 6) is 0. The van der Waals surface area contributed by atoms with Crippen LogP contribution in [0.3, 0.4) is 0 Å². The highest BCUT2D eigenvalue weighted by molar-refractivity contribution is 7.98. The normalized spacial score (nSPS) is 19.6. The Kier molecular flexibility index (Phi) is 5.54. The monoisotopic (exact) mass is 264 g/mol. The fourth-order valence-electron chi connectivity index (χ4n) is 2.59. The average Bonchev–Trinajstić information content (AvgIpc) is 2.93. The van der Waals surface area contributed by atoms with Gasteiger partial charge in [0.05, 0.1) is 0 Å². The Morgan fingerprint density at radius 1 is 1.33 bits per heavy atom. The highest BCUT2D eigenvalue weighted by Crippen LogP contribution is 2.18. The van der Waals surface area contributed by atoms with E-state index in [4.69, 9.17) is 0 Å². The van der Waals surface area contributed by atoms with Crippen LogP contribution in [0.1, 0.15) is 25.3 Å². The van der Waals surface area contributed by atoms with Gasteiger partial charge in [-0.25, -0.2) is 0 Å². The van der Waals surface area contributed by atoms with Gasteiger partial charge in [0.1, 0.15) is 0 Å². The number of thioether (sulfide) groups is 1. The summed E-state index contributed by atoms with van der Waals surface area (Å²) in [4.78, 5) is 3.98. The van der Waals surface area contributed by atoms with Crippen molar-refractivity contribution in [2.24, 2.45) is 0 Å². The van der Waals surface area contributed by atoms with Crippen molar-refractivity contribution < 1.29 is 0 Å². The first kappa shape index (κ1) is 13.9. The summed E-state index contributed by atoms with van der Waals surface area (Å²) in [6.45, 7) is 6.90. The maximum absolute atomic E-state index is 3.47. The molecular weight excluding hydrogens is 240 g/mol. The van der Waals surface area contributed by atoms with Crippen LogP contribution >= 0.6 is 11.8 Å². The molecule has 1 aromatic carbocycles. The van der Waals surface area contributed by atoms with Crippen molar-refractivity contribution in [1.29, 1.82) is 0 Å². The van der Waals surface area contributed by atoms with Crippen LogP contribution in [0.15, 0.2) is 29.2 Å². The van der Waals surface area contributed by atoms with Crippen LogP contribution in [0.5, 0.6) is 0 Å². The first-order chi connectivity index (χ1) is 8.83. The van der Waals surface area contributed by atoms with E-state index in [9.17, 15) is 0 Å². The molecule has 0 aliphatic carbocycles. The van der Waals surface area contributed by atoms with Gasteiger partial charge in [0, 0.05) is 24.0 Å². The van der Waals surface area contributed by atoms with Crippen LogP contribution in [-0.4, -0.2) is 36.8 Å². The van der Waals surface area contributed by atoms with Crippen LogP contribution in [0.4, 0.5) is 0 Å². The standard InChI is InChI=1S/C15H24N2S/c1-3-10-17(14-8-9-16-11-14)12-13-4-6-15(18-2)7-5-13/h4-7,14,16H,3,8-12H2,1-2H3. The van der Waals surface area contributed by atoms with Gasteiger partial charge in [0.25, 0.3) is 0 Å². The van der Waals surface area contributed by atoms with Crippen LogP contribution < -0.4 is 5.32 Å². The van der Waals surface area contributed by atoms with Crippen molar-refractivity contribution in [2.75, 3.05) is 25.9 Å². The molecule has 2 rings (SSSR count). The van der Waals surface area contributed by atoms with Gasteiger partial charge < -0.3 is 5.32 Å². The van der Waals surface area contributed by atoms with Gasteiger partial charge in [-0.3, -0.25) is 4.90 Å². The molecule has 2 nitrogen and oxygen atoms in total. The number of nitrogens with one attached hydrogen (secondary N) is 1. The molecule has 1 N–H and O–H groups in total. The molecule has 1 aliphatic rings. The van der Waals surface area contributed by atoms with E-state index in [1.807, 2.05) is 11.8 Å². The Labute approximate surface area is 115 Å². The van der Waals surface area contributed by atoms with E-state index in [1.54, 1.807) is 0 Å². The SMILES string of the molecule is CCCN(Cc1ccc(SC)cc1)C1CCNC1. The zero-order valence-electron chi connectivity index (χ0n) is 11.5. The fourth-order valence-corrected chi connectivity index (χ4v) is 3.00. The average molecular weight is 264 g/mol. The lowest BCUT2D eigenvalue weighted by molar-refractivity contribution is 0.199. The maximum Gasteiger partial charge on any atom is 0.0237 e. The van der Waals surface area contributed by atoms with Crippen LogP contribution in [0, 0.1) is 0 Å². The first-order valence-corrected chi connectivity index (χ1v) is 8.13. The zero-order chi connectivity index (χ0) is 12.8. The predicted molar refractivity (Wildman–Crippen MR) is 80.2 cm³/mol. The molecule has 1 saturated heterocycles. The second-order valence-electron chi connectivity index (χ2n) is 4.97. The zero-order valence-corrected chi connectivity index (χ0v) is 12.3. The quantitative estimate of drug-likeness (QED) is 0.795. The minimum absolute atomic E-state index is 0.727. The second kappa shape index (κ2) is 7.17. The molecule has 0 bridgehead atoms. The molecule has 18 heavy (non-hydrogen) atoms. The molecule has 1 unspecified atom stereocenters. The van der Waals surface area contributed by atoms with Crippen LogP contribution in [0.25, 0.3) is 0 Å². The van der Waals surface area contributed by atoms with Crippen molar-refractivity contribution >= 4 is 11.8 Å². The molecule has 0 aromatic heterocycles. The number of nitrogens with zero attached hydrogens (tertiary/aromatic N) is 1. The van der Waals surface area contributed by atoms with Crippen LogP contribution in [0.2, 0.25) is 0 Å². The van der Waals surface area contributed by atoms with Gasteiger partial charge in [-0.15, -0.1) is 11.8 Å². The van der Waals surface area contributed by atoms with Crippen molar-refractivity contribution in [2.45, 2.75) is 37.2 Å². The molecule has 3 heteroatoms. The molecule has 0 spiro atoms.